The van der Waals surface area contributed by atoms with Crippen molar-refractivity contribution in [1.29, 1.82) is 0 Å². The lowest BCUT2D eigenvalue weighted by Crippen LogP contribution is -2.47. The van der Waals surface area contributed by atoms with Crippen molar-refractivity contribution in [3.8, 4) is 0 Å². The van der Waals surface area contributed by atoms with Gasteiger partial charge in [0.2, 0.25) is 0 Å². The molecule has 0 aliphatic heterocycles. The minimum atomic E-state index is -4.26. The highest BCUT2D eigenvalue weighted by Crippen LogP contribution is 2.37. The van der Waals surface area contributed by atoms with E-state index in [0.29, 0.717) is 18.4 Å². The number of amides is 1. The van der Waals surface area contributed by atoms with Crippen LogP contribution in [0.1, 0.15) is 41.6 Å². The van der Waals surface area contributed by atoms with E-state index >= 15 is 0 Å². The van der Waals surface area contributed by atoms with E-state index in [0.717, 1.165) is 16.5 Å². The van der Waals surface area contributed by atoms with Crippen molar-refractivity contribution in [2.75, 3.05) is 0 Å². The second-order valence-electron chi connectivity index (χ2n) is 5.47. The second kappa shape index (κ2) is 6.38. The molecule has 0 bridgehead atoms. The molecule has 2 rings (SSSR count). The van der Waals surface area contributed by atoms with E-state index in [1.54, 1.807) is 25.1 Å². The van der Waals surface area contributed by atoms with Crippen LogP contribution in [0.25, 0.3) is 0 Å². The van der Waals surface area contributed by atoms with E-state index in [1.807, 2.05) is 0 Å². The van der Waals surface area contributed by atoms with Gasteiger partial charge in [0, 0.05) is 16.1 Å². The molecule has 1 N–H and O–H groups in total. The standard InChI is InChI=1S/C15H17BrF3NO/c1-9-6-7-10(16)8-11(9)14(21)20-13-5-3-2-4-12(13)15(17,18)19/h6-8,12-13H,2-5H2,1H3,(H,20,21). The third-order valence-corrected chi connectivity index (χ3v) is 4.44. The molecule has 2 unspecified atom stereocenters. The van der Waals surface area contributed by atoms with Crippen LogP contribution < -0.4 is 5.32 Å². The van der Waals surface area contributed by atoms with Gasteiger partial charge in [0.1, 0.15) is 0 Å². The van der Waals surface area contributed by atoms with Gasteiger partial charge in [0.15, 0.2) is 0 Å². The first kappa shape index (κ1) is 16.3. The van der Waals surface area contributed by atoms with Crippen LogP contribution in [-0.4, -0.2) is 18.1 Å². The van der Waals surface area contributed by atoms with Crippen molar-refractivity contribution in [2.24, 2.45) is 5.92 Å². The molecule has 116 valence electrons. The first-order valence-corrected chi connectivity index (χ1v) is 7.72. The molecule has 1 aromatic carbocycles. The molecule has 1 aromatic rings. The lowest BCUT2D eigenvalue weighted by molar-refractivity contribution is -0.187. The molecule has 1 amide bonds. The summed E-state index contributed by atoms with van der Waals surface area (Å²) in [6.45, 7) is 1.77. The first-order valence-electron chi connectivity index (χ1n) is 6.93. The van der Waals surface area contributed by atoms with E-state index < -0.39 is 24.0 Å². The lowest BCUT2D eigenvalue weighted by Gasteiger charge is -2.33. The summed E-state index contributed by atoms with van der Waals surface area (Å²) in [4.78, 5) is 12.3. The largest absolute Gasteiger partial charge is 0.393 e. The number of aryl methyl sites for hydroxylation is 1. The zero-order valence-electron chi connectivity index (χ0n) is 11.6. The van der Waals surface area contributed by atoms with Crippen molar-refractivity contribution in [1.82, 2.24) is 5.32 Å². The maximum atomic E-state index is 13.0. The Morgan fingerprint density at radius 3 is 2.62 bits per heavy atom. The molecule has 0 radical (unpaired) electrons. The number of nitrogens with one attached hydrogen (secondary N) is 1. The van der Waals surface area contributed by atoms with Crippen molar-refractivity contribution < 1.29 is 18.0 Å². The number of alkyl halides is 3. The van der Waals surface area contributed by atoms with Crippen LogP contribution in [0.15, 0.2) is 22.7 Å². The van der Waals surface area contributed by atoms with E-state index in [9.17, 15) is 18.0 Å². The Morgan fingerprint density at radius 1 is 1.29 bits per heavy atom. The van der Waals surface area contributed by atoms with Crippen molar-refractivity contribution in [2.45, 2.75) is 44.8 Å². The van der Waals surface area contributed by atoms with E-state index in [-0.39, 0.29) is 6.42 Å². The molecule has 21 heavy (non-hydrogen) atoms. The normalized spacial score (nSPS) is 22.9. The maximum Gasteiger partial charge on any atom is 0.393 e. The van der Waals surface area contributed by atoms with Crippen molar-refractivity contribution >= 4 is 21.8 Å². The van der Waals surface area contributed by atoms with Gasteiger partial charge in [-0.05, 0) is 37.5 Å². The minimum Gasteiger partial charge on any atom is -0.349 e. The Bertz CT molecular complexity index is 530. The molecule has 2 atom stereocenters. The molecule has 0 heterocycles. The lowest BCUT2D eigenvalue weighted by atomic mass is 9.84. The summed E-state index contributed by atoms with van der Waals surface area (Å²) in [5, 5.41) is 2.58. The summed E-state index contributed by atoms with van der Waals surface area (Å²) < 4.78 is 39.8. The molecule has 0 aromatic heterocycles. The quantitative estimate of drug-likeness (QED) is 0.816. The molecular formula is C15H17BrF3NO. The molecule has 1 saturated carbocycles. The van der Waals surface area contributed by atoms with Crippen LogP contribution >= 0.6 is 15.9 Å². The summed E-state index contributed by atoms with van der Waals surface area (Å²) in [5.41, 5.74) is 1.16. The number of hydrogen-bond donors (Lipinski definition) is 1. The van der Waals surface area contributed by atoms with E-state index in [2.05, 4.69) is 21.2 Å². The van der Waals surface area contributed by atoms with Gasteiger partial charge in [-0.3, -0.25) is 4.79 Å². The fourth-order valence-electron chi connectivity index (χ4n) is 2.78. The van der Waals surface area contributed by atoms with Gasteiger partial charge >= 0.3 is 6.18 Å². The van der Waals surface area contributed by atoms with Gasteiger partial charge in [-0.2, -0.15) is 13.2 Å². The maximum absolute atomic E-state index is 13.0. The number of carbonyl (C=O) groups is 1. The van der Waals surface area contributed by atoms with Crippen LogP contribution in [0.2, 0.25) is 0 Å². The average molecular weight is 364 g/mol. The van der Waals surface area contributed by atoms with Gasteiger partial charge in [0.05, 0.1) is 5.92 Å². The fourth-order valence-corrected chi connectivity index (χ4v) is 3.14. The average Bonchev–Trinajstić information content (AvgIpc) is 2.41. The Labute approximate surface area is 130 Å². The number of halogens is 4. The monoisotopic (exact) mass is 363 g/mol. The first-order chi connectivity index (χ1) is 9.79. The molecule has 2 nitrogen and oxygen atoms in total. The van der Waals surface area contributed by atoms with E-state index in [4.69, 9.17) is 0 Å². The van der Waals surface area contributed by atoms with Crippen LogP contribution in [0.4, 0.5) is 13.2 Å². The fraction of sp³-hybridized carbons (Fsp3) is 0.533. The van der Waals surface area contributed by atoms with Crippen molar-refractivity contribution in [3.05, 3.63) is 33.8 Å². The zero-order valence-corrected chi connectivity index (χ0v) is 13.2. The second-order valence-corrected chi connectivity index (χ2v) is 6.39. The molecule has 0 spiro atoms. The third-order valence-electron chi connectivity index (χ3n) is 3.95. The molecule has 1 aliphatic rings. The highest BCUT2D eigenvalue weighted by molar-refractivity contribution is 9.10. The predicted octanol–water partition coefficient (Wildman–Crippen LogP) is 4.61. The van der Waals surface area contributed by atoms with Gasteiger partial charge in [0.25, 0.3) is 5.91 Å². The number of carbonyl (C=O) groups excluding carboxylic acids is 1. The van der Waals surface area contributed by atoms with Gasteiger partial charge in [-0.25, -0.2) is 0 Å². The summed E-state index contributed by atoms with van der Waals surface area (Å²) in [7, 11) is 0. The third kappa shape index (κ3) is 3.99. The van der Waals surface area contributed by atoms with Gasteiger partial charge in [-0.15, -0.1) is 0 Å². The van der Waals surface area contributed by atoms with Crippen LogP contribution in [0, 0.1) is 12.8 Å². The minimum absolute atomic E-state index is 0.0892. The number of benzene rings is 1. The molecule has 1 aliphatic carbocycles. The highest BCUT2D eigenvalue weighted by atomic mass is 79.9. The topological polar surface area (TPSA) is 29.1 Å². The SMILES string of the molecule is Cc1ccc(Br)cc1C(=O)NC1CCCCC1C(F)(F)F. The van der Waals surface area contributed by atoms with Crippen LogP contribution in [0.5, 0.6) is 0 Å². The summed E-state index contributed by atoms with van der Waals surface area (Å²) in [5.74, 6) is -1.88. The zero-order chi connectivity index (χ0) is 15.6. The summed E-state index contributed by atoms with van der Waals surface area (Å²) >= 11 is 3.27. The van der Waals surface area contributed by atoms with Gasteiger partial charge < -0.3 is 5.32 Å². The Balaban J connectivity index is 2.15. The van der Waals surface area contributed by atoms with Gasteiger partial charge in [-0.1, -0.05) is 34.8 Å². The number of hydrogen-bond acceptors (Lipinski definition) is 1. The predicted molar refractivity (Wildman–Crippen MR) is 78.1 cm³/mol. The Morgan fingerprint density at radius 2 is 1.95 bits per heavy atom. The molecule has 1 fully saturated rings. The number of rotatable bonds is 2. The van der Waals surface area contributed by atoms with Crippen LogP contribution in [-0.2, 0) is 0 Å². The molecule has 0 saturated heterocycles. The van der Waals surface area contributed by atoms with E-state index in [1.165, 1.54) is 0 Å². The highest BCUT2D eigenvalue weighted by Gasteiger charge is 2.46. The molecular weight excluding hydrogens is 347 g/mol. The molecule has 6 heteroatoms. The Kier molecular flexibility index (Phi) is 4.96. The Hall–Kier alpha value is -1.04. The smallest absolute Gasteiger partial charge is 0.349 e. The summed E-state index contributed by atoms with van der Waals surface area (Å²) in [6, 6.07) is 4.37. The summed E-state index contributed by atoms with van der Waals surface area (Å²) in [6.07, 6.45) is -2.51. The van der Waals surface area contributed by atoms with Crippen LogP contribution in [0.3, 0.4) is 0 Å². The van der Waals surface area contributed by atoms with Crippen molar-refractivity contribution in [3.63, 3.8) is 0 Å².